The Morgan fingerprint density at radius 2 is 2.00 bits per heavy atom. The van der Waals surface area contributed by atoms with Crippen molar-refractivity contribution < 1.29 is 4.74 Å². The minimum atomic E-state index is 0.602. The van der Waals surface area contributed by atoms with E-state index in [1.807, 2.05) is 14.0 Å². The SMILES string of the molecule is CCOCC(C)CC(C)NC. The molecule has 0 radical (unpaired) electrons. The van der Waals surface area contributed by atoms with E-state index in [0.717, 1.165) is 13.2 Å². The first-order valence-electron chi connectivity index (χ1n) is 4.45. The molecule has 0 aliphatic carbocycles. The van der Waals surface area contributed by atoms with Gasteiger partial charge in [-0.2, -0.15) is 0 Å². The molecule has 0 bridgehead atoms. The van der Waals surface area contributed by atoms with Gasteiger partial charge in [0, 0.05) is 19.3 Å². The predicted octanol–water partition coefficient (Wildman–Crippen LogP) is 1.66. The van der Waals surface area contributed by atoms with E-state index in [1.54, 1.807) is 0 Å². The molecule has 0 spiro atoms. The number of rotatable bonds is 6. The molecule has 0 amide bonds. The molecule has 0 saturated carbocycles. The Hall–Kier alpha value is -0.0800. The van der Waals surface area contributed by atoms with Crippen LogP contribution in [0.2, 0.25) is 0 Å². The summed E-state index contributed by atoms with van der Waals surface area (Å²) in [5, 5.41) is 3.22. The molecule has 1 N–H and O–H groups in total. The highest BCUT2D eigenvalue weighted by Crippen LogP contribution is 2.05. The molecule has 2 atom stereocenters. The maximum atomic E-state index is 5.31. The van der Waals surface area contributed by atoms with E-state index in [0.29, 0.717) is 12.0 Å². The standard InChI is InChI=1S/C9H21NO/c1-5-11-7-8(2)6-9(3)10-4/h8-10H,5-7H2,1-4H3. The van der Waals surface area contributed by atoms with Crippen molar-refractivity contribution in [3.05, 3.63) is 0 Å². The average molecular weight is 159 g/mol. The summed E-state index contributed by atoms with van der Waals surface area (Å²) >= 11 is 0. The molecule has 2 unspecified atom stereocenters. The second-order valence-electron chi connectivity index (χ2n) is 3.19. The van der Waals surface area contributed by atoms with Gasteiger partial charge in [0.2, 0.25) is 0 Å². The van der Waals surface area contributed by atoms with E-state index in [4.69, 9.17) is 4.74 Å². The summed E-state index contributed by atoms with van der Waals surface area (Å²) in [5.74, 6) is 0.664. The van der Waals surface area contributed by atoms with Crippen molar-refractivity contribution in [3.63, 3.8) is 0 Å². The molecule has 0 fully saturated rings. The van der Waals surface area contributed by atoms with Crippen LogP contribution in [0.4, 0.5) is 0 Å². The Morgan fingerprint density at radius 1 is 1.36 bits per heavy atom. The molecule has 0 aromatic rings. The number of hydrogen-bond donors (Lipinski definition) is 1. The molecule has 0 saturated heterocycles. The number of hydrogen-bond acceptors (Lipinski definition) is 2. The maximum absolute atomic E-state index is 5.31. The first kappa shape index (κ1) is 10.9. The lowest BCUT2D eigenvalue weighted by Gasteiger charge is -2.15. The first-order valence-corrected chi connectivity index (χ1v) is 4.45. The van der Waals surface area contributed by atoms with Crippen LogP contribution < -0.4 is 5.32 Å². The summed E-state index contributed by atoms with van der Waals surface area (Å²) in [6.07, 6.45) is 1.19. The summed E-state index contributed by atoms with van der Waals surface area (Å²) in [5.41, 5.74) is 0. The normalized spacial score (nSPS) is 16.4. The molecule has 0 rings (SSSR count). The predicted molar refractivity (Wildman–Crippen MR) is 48.8 cm³/mol. The van der Waals surface area contributed by atoms with Crippen molar-refractivity contribution in [3.8, 4) is 0 Å². The third kappa shape index (κ3) is 6.32. The molecule has 0 aliphatic heterocycles. The quantitative estimate of drug-likeness (QED) is 0.636. The highest BCUT2D eigenvalue weighted by atomic mass is 16.5. The maximum Gasteiger partial charge on any atom is 0.0492 e. The van der Waals surface area contributed by atoms with Crippen molar-refractivity contribution >= 4 is 0 Å². The highest BCUT2D eigenvalue weighted by Gasteiger charge is 2.05. The van der Waals surface area contributed by atoms with Gasteiger partial charge in [-0.25, -0.2) is 0 Å². The Morgan fingerprint density at radius 3 is 2.45 bits per heavy atom. The molecule has 0 aromatic carbocycles. The van der Waals surface area contributed by atoms with E-state index in [-0.39, 0.29) is 0 Å². The molecule has 2 heteroatoms. The minimum absolute atomic E-state index is 0.602. The van der Waals surface area contributed by atoms with Crippen molar-refractivity contribution in [2.24, 2.45) is 5.92 Å². The Bertz CT molecular complexity index is 85.6. The molecular weight excluding hydrogens is 138 g/mol. The van der Waals surface area contributed by atoms with E-state index < -0.39 is 0 Å². The van der Waals surface area contributed by atoms with Crippen LogP contribution in [0.15, 0.2) is 0 Å². The van der Waals surface area contributed by atoms with Crippen molar-refractivity contribution in [1.82, 2.24) is 5.32 Å². The van der Waals surface area contributed by atoms with Gasteiger partial charge in [0.25, 0.3) is 0 Å². The smallest absolute Gasteiger partial charge is 0.0492 e. The Balaban J connectivity index is 3.27. The van der Waals surface area contributed by atoms with Crippen LogP contribution in [0.25, 0.3) is 0 Å². The zero-order valence-corrected chi connectivity index (χ0v) is 8.18. The molecule has 0 heterocycles. The first-order chi connectivity index (χ1) is 5.20. The lowest BCUT2D eigenvalue weighted by Crippen LogP contribution is -2.25. The topological polar surface area (TPSA) is 21.3 Å². The number of ether oxygens (including phenoxy) is 1. The summed E-state index contributed by atoms with van der Waals surface area (Å²) in [6, 6.07) is 0.602. The molecular formula is C9H21NO. The zero-order chi connectivity index (χ0) is 8.69. The van der Waals surface area contributed by atoms with Crippen LogP contribution in [0.3, 0.4) is 0 Å². The summed E-state index contributed by atoms with van der Waals surface area (Å²) in [4.78, 5) is 0. The third-order valence-corrected chi connectivity index (χ3v) is 1.86. The third-order valence-electron chi connectivity index (χ3n) is 1.86. The number of nitrogens with one attached hydrogen (secondary N) is 1. The van der Waals surface area contributed by atoms with Crippen molar-refractivity contribution in [2.75, 3.05) is 20.3 Å². The van der Waals surface area contributed by atoms with Crippen LogP contribution in [-0.2, 0) is 4.74 Å². The van der Waals surface area contributed by atoms with Crippen LogP contribution in [0, 0.1) is 5.92 Å². The van der Waals surface area contributed by atoms with Gasteiger partial charge in [0.1, 0.15) is 0 Å². The van der Waals surface area contributed by atoms with Gasteiger partial charge in [-0.3, -0.25) is 0 Å². The van der Waals surface area contributed by atoms with Crippen molar-refractivity contribution in [2.45, 2.75) is 33.2 Å². The minimum Gasteiger partial charge on any atom is -0.381 e. The van der Waals surface area contributed by atoms with E-state index in [1.165, 1.54) is 6.42 Å². The lowest BCUT2D eigenvalue weighted by molar-refractivity contribution is 0.110. The molecule has 0 aliphatic rings. The second kappa shape index (κ2) is 6.62. The fraction of sp³-hybridized carbons (Fsp3) is 1.00. The van der Waals surface area contributed by atoms with Crippen LogP contribution >= 0.6 is 0 Å². The van der Waals surface area contributed by atoms with Gasteiger partial charge >= 0.3 is 0 Å². The van der Waals surface area contributed by atoms with Crippen LogP contribution in [-0.4, -0.2) is 26.3 Å². The molecule has 11 heavy (non-hydrogen) atoms. The average Bonchev–Trinajstić information content (AvgIpc) is 2.00. The Kier molecular flexibility index (Phi) is 6.57. The highest BCUT2D eigenvalue weighted by molar-refractivity contribution is 4.61. The molecule has 0 aromatic heterocycles. The van der Waals surface area contributed by atoms with Gasteiger partial charge < -0.3 is 10.1 Å². The summed E-state index contributed by atoms with van der Waals surface area (Å²) < 4.78 is 5.31. The van der Waals surface area contributed by atoms with Crippen molar-refractivity contribution in [1.29, 1.82) is 0 Å². The monoisotopic (exact) mass is 159 g/mol. The van der Waals surface area contributed by atoms with E-state index in [9.17, 15) is 0 Å². The zero-order valence-electron chi connectivity index (χ0n) is 8.18. The summed E-state index contributed by atoms with van der Waals surface area (Å²) in [7, 11) is 2.00. The van der Waals surface area contributed by atoms with Gasteiger partial charge in [-0.1, -0.05) is 6.92 Å². The second-order valence-corrected chi connectivity index (χ2v) is 3.19. The fourth-order valence-corrected chi connectivity index (χ4v) is 1.11. The van der Waals surface area contributed by atoms with Gasteiger partial charge in [0.05, 0.1) is 0 Å². The van der Waals surface area contributed by atoms with Gasteiger partial charge in [-0.15, -0.1) is 0 Å². The molecule has 68 valence electrons. The van der Waals surface area contributed by atoms with E-state index in [2.05, 4.69) is 19.2 Å². The van der Waals surface area contributed by atoms with Crippen LogP contribution in [0.1, 0.15) is 27.2 Å². The van der Waals surface area contributed by atoms with Crippen LogP contribution in [0.5, 0.6) is 0 Å². The van der Waals surface area contributed by atoms with E-state index >= 15 is 0 Å². The largest absolute Gasteiger partial charge is 0.381 e. The Labute approximate surface area is 70.3 Å². The lowest BCUT2D eigenvalue weighted by atomic mass is 10.0. The fourth-order valence-electron chi connectivity index (χ4n) is 1.11. The van der Waals surface area contributed by atoms with Gasteiger partial charge in [0.15, 0.2) is 0 Å². The van der Waals surface area contributed by atoms with Gasteiger partial charge in [-0.05, 0) is 33.2 Å². The molecule has 2 nitrogen and oxygen atoms in total. The summed E-state index contributed by atoms with van der Waals surface area (Å²) in [6.45, 7) is 8.18.